The van der Waals surface area contributed by atoms with Crippen LogP contribution in [-0.4, -0.2) is 37.3 Å². The van der Waals surface area contributed by atoms with Crippen molar-refractivity contribution in [3.8, 4) is 0 Å². The van der Waals surface area contributed by atoms with Crippen LogP contribution in [-0.2, 0) is 37.5 Å². The first-order valence-corrected chi connectivity index (χ1v) is 9.54. The second kappa shape index (κ2) is 5.16. The Balaban J connectivity index is 1.76. The maximum absolute atomic E-state index is 12.1. The molecule has 0 N–H and O–H groups in total. The van der Waals surface area contributed by atoms with E-state index in [2.05, 4.69) is 5.10 Å². The molecule has 118 valence electrons. The smallest absolute Gasteiger partial charge is 0.205 e. The van der Waals surface area contributed by atoms with E-state index in [9.17, 15) is 16.8 Å². The second-order valence-corrected chi connectivity index (χ2v) is 8.25. The highest BCUT2D eigenvalue weighted by atomic mass is 32.2. The zero-order chi connectivity index (χ0) is 16.0. The van der Waals surface area contributed by atoms with E-state index < -0.39 is 20.1 Å². The standard InChI is InChI=1S/C12H13N3O5S2/c1-21(16,17)15-8-10-7-14(9-12(10)13-15)20-22(18,19)11-5-3-2-4-6-11/h2-6,8H,7,9H2,1H3. The van der Waals surface area contributed by atoms with Gasteiger partial charge in [0.05, 0.1) is 29.9 Å². The molecular weight excluding hydrogens is 330 g/mol. The second-order valence-electron chi connectivity index (χ2n) is 4.88. The highest BCUT2D eigenvalue weighted by Crippen LogP contribution is 2.24. The summed E-state index contributed by atoms with van der Waals surface area (Å²) < 4.78 is 52.9. The van der Waals surface area contributed by atoms with Crippen LogP contribution in [0.2, 0.25) is 0 Å². The zero-order valence-electron chi connectivity index (χ0n) is 11.6. The minimum atomic E-state index is -3.90. The van der Waals surface area contributed by atoms with E-state index in [0.717, 1.165) is 10.3 Å². The van der Waals surface area contributed by atoms with Gasteiger partial charge < -0.3 is 0 Å². The number of benzene rings is 1. The van der Waals surface area contributed by atoms with Crippen LogP contribution in [0.15, 0.2) is 41.4 Å². The Morgan fingerprint density at radius 3 is 2.36 bits per heavy atom. The van der Waals surface area contributed by atoms with Crippen molar-refractivity contribution in [3.05, 3.63) is 47.8 Å². The molecule has 10 heteroatoms. The van der Waals surface area contributed by atoms with E-state index in [4.69, 9.17) is 4.28 Å². The van der Waals surface area contributed by atoms with Gasteiger partial charge in [-0.15, -0.1) is 0 Å². The van der Waals surface area contributed by atoms with Gasteiger partial charge in [0.2, 0.25) is 0 Å². The molecule has 1 aromatic heterocycles. The van der Waals surface area contributed by atoms with E-state index in [1.165, 1.54) is 23.4 Å². The lowest BCUT2D eigenvalue weighted by molar-refractivity contribution is -0.0582. The van der Waals surface area contributed by atoms with Crippen LogP contribution in [0.3, 0.4) is 0 Å². The molecule has 0 bridgehead atoms. The molecule has 3 rings (SSSR count). The summed E-state index contributed by atoms with van der Waals surface area (Å²) in [6, 6.07) is 7.79. The molecule has 0 spiro atoms. The Labute approximate surface area is 128 Å². The van der Waals surface area contributed by atoms with Crippen molar-refractivity contribution in [2.45, 2.75) is 18.0 Å². The lowest BCUT2D eigenvalue weighted by Crippen LogP contribution is -2.23. The molecule has 0 radical (unpaired) electrons. The van der Waals surface area contributed by atoms with Crippen molar-refractivity contribution >= 4 is 20.1 Å². The van der Waals surface area contributed by atoms with Crippen molar-refractivity contribution < 1.29 is 21.1 Å². The normalized spacial score (nSPS) is 15.9. The minimum absolute atomic E-state index is 0.0562. The lowest BCUT2D eigenvalue weighted by atomic mass is 10.3. The molecule has 2 aromatic rings. The van der Waals surface area contributed by atoms with Crippen molar-refractivity contribution in [1.82, 2.24) is 14.2 Å². The maximum atomic E-state index is 12.1. The van der Waals surface area contributed by atoms with E-state index in [1.54, 1.807) is 18.2 Å². The fourth-order valence-electron chi connectivity index (χ4n) is 2.09. The number of fused-ring (bicyclic) bond motifs is 1. The Morgan fingerprint density at radius 2 is 1.77 bits per heavy atom. The van der Waals surface area contributed by atoms with Crippen LogP contribution in [0, 0.1) is 0 Å². The Morgan fingerprint density at radius 1 is 1.09 bits per heavy atom. The van der Waals surface area contributed by atoms with Gasteiger partial charge in [-0.05, 0) is 12.1 Å². The monoisotopic (exact) mass is 343 g/mol. The summed E-state index contributed by atoms with van der Waals surface area (Å²) in [5.74, 6) is 0. The van der Waals surface area contributed by atoms with Gasteiger partial charge in [-0.1, -0.05) is 18.2 Å². The molecule has 0 atom stereocenters. The molecule has 0 aliphatic carbocycles. The Bertz CT molecular complexity index is 880. The molecule has 22 heavy (non-hydrogen) atoms. The van der Waals surface area contributed by atoms with Gasteiger partial charge in [-0.2, -0.15) is 27.0 Å². The van der Waals surface area contributed by atoms with E-state index in [1.807, 2.05) is 0 Å². The highest BCUT2D eigenvalue weighted by molar-refractivity contribution is 7.89. The number of hydrogen-bond acceptors (Lipinski definition) is 7. The summed E-state index contributed by atoms with van der Waals surface area (Å²) in [7, 11) is -7.35. The fourth-order valence-corrected chi connectivity index (χ4v) is 3.61. The quantitative estimate of drug-likeness (QED) is 0.788. The third-order valence-corrected chi connectivity index (χ3v) is 5.23. The van der Waals surface area contributed by atoms with Gasteiger partial charge >= 0.3 is 10.1 Å². The molecule has 8 nitrogen and oxygen atoms in total. The topological polar surface area (TPSA) is 98.6 Å². The summed E-state index contributed by atoms with van der Waals surface area (Å²) in [6.07, 6.45) is 2.41. The van der Waals surface area contributed by atoms with Crippen LogP contribution in [0.1, 0.15) is 11.3 Å². The van der Waals surface area contributed by atoms with E-state index in [0.29, 0.717) is 11.3 Å². The zero-order valence-corrected chi connectivity index (χ0v) is 13.2. The first kappa shape index (κ1) is 15.2. The first-order chi connectivity index (χ1) is 10.3. The molecular formula is C12H13N3O5S2. The van der Waals surface area contributed by atoms with Crippen molar-refractivity contribution in [2.75, 3.05) is 6.26 Å². The fraction of sp³-hybridized carbons (Fsp3) is 0.250. The lowest BCUT2D eigenvalue weighted by Gasteiger charge is -2.14. The first-order valence-electron chi connectivity index (χ1n) is 6.28. The number of hydrogen-bond donors (Lipinski definition) is 0. The summed E-state index contributed by atoms with van der Waals surface area (Å²) in [6.45, 7) is 0.251. The highest BCUT2D eigenvalue weighted by Gasteiger charge is 2.29. The summed E-state index contributed by atoms with van der Waals surface area (Å²) in [4.78, 5) is 0.0562. The van der Waals surface area contributed by atoms with Crippen molar-refractivity contribution in [3.63, 3.8) is 0 Å². The molecule has 0 amide bonds. The number of rotatable bonds is 4. The molecule has 0 fully saturated rings. The number of aromatic nitrogens is 2. The van der Waals surface area contributed by atoms with Gasteiger partial charge in [-0.3, -0.25) is 0 Å². The molecule has 1 aliphatic heterocycles. The maximum Gasteiger partial charge on any atom is 0.313 e. The number of hydroxylamine groups is 2. The van der Waals surface area contributed by atoms with E-state index in [-0.39, 0.29) is 18.0 Å². The molecule has 0 saturated carbocycles. The van der Waals surface area contributed by atoms with Crippen LogP contribution in [0.4, 0.5) is 0 Å². The molecule has 1 aromatic carbocycles. The molecule has 0 saturated heterocycles. The van der Waals surface area contributed by atoms with Gasteiger partial charge in [-0.25, -0.2) is 8.42 Å². The third kappa shape index (κ3) is 2.90. The van der Waals surface area contributed by atoms with Gasteiger partial charge in [0, 0.05) is 11.8 Å². The average molecular weight is 343 g/mol. The molecule has 1 aliphatic rings. The molecule has 0 unspecified atom stereocenters. The van der Waals surface area contributed by atoms with Crippen LogP contribution < -0.4 is 0 Å². The van der Waals surface area contributed by atoms with E-state index >= 15 is 0 Å². The number of nitrogens with zero attached hydrogens (tertiary/aromatic N) is 3. The van der Waals surface area contributed by atoms with Crippen LogP contribution in [0.25, 0.3) is 0 Å². The van der Waals surface area contributed by atoms with Gasteiger partial charge in [0.25, 0.3) is 10.0 Å². The van der Waals surface area contributed by atoms with Gasteiger partial charge in [0.1, 0.15) is 0 Å². The summed E-state index contributed by atoms with van der Waals surface area (Å²) >= 11 is 0. The molecule has 2 heterocycles. The largest absolute Gasteiger partial charge is 0.313 e. The van der Waals surface area contributed by atoms with Crippen molar-refractivity contribution in [1.29, 1.82) is 0 Å². The van der Waals surface area contributed by atoms with Crippen LogP contribution >= 0.6 is 0 Å². The predicted octanol–water partition coefficient (Wildman–Crippen LogP) is 0.327. The Hall–Kier alpha value is -1.75. The predicted molar refractivity (Wildman–Crippen MR) is 76.4 cm³/mol. The SMILES string of the molecule is CS(=O)(=O)n1cc2c(n1)CN(OS(=O)(=O)c1ccccc1)C2. The summed E-state index contributed by atoms with van der Waals surface area (Å²) in [5.41, 5.74) is 1.10. The summed E-state index contributed by atoms with van der Waals surface area (Å²) in [5, 5.41) is 5.16. The van der Waals surface area contributed by atoms with Gasteiger partial charge in [0.15, 0.2) is 0 Å². The third-order valence-electron chi connectivity index (χ3n) is 3.10. The average Bonchev–Trinajstić information content (AvgIpc) is 2.96. The van der Waals surface area contributed by atoms with Crippen molar-refractivity contribution in [2.24, 2.45) is 0 Å². The Kier molecular flexibility index (Phi) is 3.56. The minimum Gasteiger partial charge on any atom is -0.205 e. The van der Waals surface area contributed by atoms with Crippen LogP contribution in [0.5, 0.6) is 0 Å².